The summed E-state index contributed by atoms with van der Waals surface area (Å²) in [6.07, 6.45) is 4.05. The van der Waals surface area contributed by atoms with E-state index in [1.54, 1.807) is 0 Å². The van der Waals surface area contributed by atoms with E-state index in [2.05, 4.69) is 26.8 Å². The molecule has 1 nitrogen and oxygen atoms in total. The van der Waals surface area contributed by atoms with Gasteiger partial charge in [-0.05, 0) is 44.1 Å². The quantitative estimate of drug-likeness (QED) is 0.608. The number of alkyl halides is 1. The van der Waals surface area contributed by atoms with Gasteiger partial charge >= 0.3 is 0 Å². The van der Waals surface area contributed by atoms with E-state index >= 15 is 0 Å². The van der Waals surface area contributed by atoms with Gasteiger partial charge in [-0.1, -0.05) is 18.6 Å². The number of hydrogen-bond acceptors (Lipinski definition) is 3. The van der Waals surface area contributed by atoms with Crippen molar-refractivity contribution < 1.29 is 5.11 Å². The van der Waals surface area contributed by atoms with E-state index in [0.717, 1.165) is 17.9 Å². The number of allylic oxidation sites excluding steroid dienone is 1. The van der Waals surface area contributed by atoms with Gasteiger partial charge < -0.3 is 5.11 Å². The van der Waals surface area contributed by atoms with Crippen molar-refractivity contribution in [2.45, 2.75) is 43.8 Å². The lowest BCUT2D eigenvalue weighted by Gasteiger charge is -2.40. The van der Waals surface area contributed by atoms with Crippen LogP contribution in [0, 0.1) is 5.92 Å². The van der Waals surface area contributed by atoms with Crippen molar-refractivity contribution in [3.63, 3.8) is 0 Å². The molecule has 0 amide bonds. The van der Waals surface area contributed by atoms with Gasteiger partial charge in [0.05, 0.1) is 6.10 Å². The second-order valence-electron chi connectivity index (χ2n) is 4.89. The number of halogens is 1. The Morgan fingerprint density at radius 3 is 2.47 bits per heavy atom. The van der Waals surface area contributed by atoms with Gasteiger partial charge in [-0.15, -0.1) is 35.1 Å². The number of thioether (sulfide) groups is 2. The third-order valence-corrected chi connectivity index (χ3v) is 6.48. The van der Waals surface area contributed by atoms with E-state index in [4.69, 9.17) is 11.6 Å². The van der Waals surface area contributed by atoms with Crippen LogP contribution in [-0.4, -0.2) is 32.7 Å². The lowest BCUT2D eigenvalue weighted by molar-refractivity contribution is 0.114. The van der Waals surface area contributed by atoms with Crippen LogP contribution in [0.3, 0.4) is 0 Å². The van der Waals surface area contributed by atoms with E-state index in [9.17, 15) is 5.11 Å². The van der Waals surface area contributed by atoms with Gasteiger partial charge in [0.25, 0.3) is 0 Å². The third-order valence-electron chi connectivity index (χ3n) is 2.95. The van der Waals surface area contributed by atoms with Crippen LogP contribution >= 0.6 is 35.1 Å². The predicted octanol–water partition coefficient (Wildman–Crippen LogP) is 4.14. The topological polar surface area (TPSA) is 20.2 Å². The Morgan fingerprint density at radius 2 is 2.00 bits per heavy atom. The lowest BCUT2D eigenvalue weighted by atomic mass is 9.97. The van der Waals surface area contributed by atoms with Crippen LogP contribution in [0.25, 0.3) is 0 Å². The van der Waals surface area contributed by atoms with Gasteiger partial charge in [-0.3, -0.25) is 0 Å². The molecule has 0 radical (unpaired) electrons. The molecule has 1 saturated heterocycles. The van der Waals surface area contributed by atoms with Gasteiger partial charge in [-0.25, -0.2) is 0 Å². The molecular formula is C13H23ClOS2. The minimum Gasteiger partial charge on any atom is -0.390 e. The fourth-order valence-corrected chi connectivity index (χ4v) is 6.05. The van der Waals surface area contributed by atoms with E-state index in [1.165, 1.54) is 12.0 Å². The molecule has 1 fully saturated rings. The number of hydrogen-bond donors (Lipinski definition) is 1. The van der Waals surface area contributed by atoms with Crippen molar-refractivity contribution in [2.24, 2.45) is 5.92 Å². The molecule has 2 unspecified atom stereocenters. The maximum atomic E-state index is 10.6. The number of aliphatic hydroxyl groups is 1. The molecule has 0 aromatic rings. The minimum atomic E-state index is -0.313. The Balaban J connectivity index is 2.85. The molecule has 1 heterocycles. The molecule has 0 aromatic carbocycles. The maximum absolute atomic E-state index is 10.6. The first-order chi connectivity index (χ1) is 8.02. The molecule has 0 bridgehead atoms. The van der Waals surface area contributed by atoms with Gasteiger partial charge in [0.15, 0.2) is 0 Å². The molecule has 0 aliphatic carbocycles. The molecule has 0 spiro atoms. The SMILES string of the molecule is CC(C)=CC1(C(O)C(C)CCCl)SCCCS1. The van der Waals surface area contributed by atoms with Crippen molar-refractivity contribution in [3.8, 4) is 0 Å². The summed E-state index contributed by atoms with van der Waals surface area (Å²) in [6, 6.07) is 0. The molecular weight excluding hydrogens is 272 g/mol. The summed E-state index contributed by atoms with van der Waals surface area (Å²) in [5.74, 6) is 3.16. The Labute approximate surface area is 119 Å². The normalized spacial score (nSPS) is 22.9. The first-order valence-corrected chi connectivity index (χ1v) is 8.70. The average Bonchev–Trinajstić information content (AvgIpc) is 2.28. The standard InChI is InChI=1S/C13H23ClOS2/c1-10(2)9-13(16-7-4-8-17-13)12(15)11(3)5-6-14/h9,11-12,15H,4-8H2,1-3H3. The fourth-order valence-electron chi connectivity index (χ4n) is 2.03. The Bertz CT molecular complexity index is 258. The zero-order valence-corrected chi connectivity index (χ0v) is 13.3. The van der Waals surface area contributed by atoms with Crippen molar-refractivity contribution >= 4 is 35.1 Å². The highest BCUT2D eigenvalue weighted by molar-refractivity contribution is 8.19. The first kappa shape index (κ1) is 15.7. The van der Waals surface area contributed by atoms with E-state index < -0.39 is 0 Å². The maximum Gasteiger partial charge on any atom is 0.105 e. The zero-order chi connectivity index (χ0) is 12.9. The smallest absolute Gasteiger partial charge is 0.105 e. The molecule has 4 heteroatoms. The van der Waals surface area contributed by atoms with E-state index in [0.29, 0.717) is 5.88 Å². The van der Waals surface area contributed by atoms with Gasteiger partial charge in [-0.2, -0.15) is 0 Å². The fraction of sp³-hybridized carbons (Fsp3) is 0.846. The second-order valence-corrected chi connectivity index (χ2v) is 8.27. The summed E-state index contributed by atoms with van der Waals surface area (Å²) in [7, 11) is 0. The van der Waals surface area contributed by atoms with Crippen LogP contribution in [-0.2, 0) is 0 Å². The molecule has 17 heavy (non-hydrogen) atoms. The molecule has 0 aromatic heterocycles. The van der Waals surface area contributed by atoms with Gasteiger partial charge in [0.1, 0.15) is 4.08 Å². The van der Waals surface area contributed by atoms with Crippen LogP contribution in [0.4, 0.5) is 0 Å². The molecule has 100 valence electrons. The molecule has 1 N–H and O–H groups in total. The summed E-state index contributed by atoms with van der Waals surface area (Å²) in [5, 5.41) is 10.6. The van der Waals surface area contributed by atoms with Crippen molar-refractivity contribution in [1.29, 1.82) is 0 Å². The Kier molecular flexibility index (Phi) is 6.78. The highest BCUT2D eigenvalue weighted by Gasteiger charge is 2.41. The first-order valence-electron chi connectivity index (χ1n) is 6.20. The lowest BCUT2D eigenvalue weighted by Crippen LogP contribution is -2.41. The van der Waals surface area contributed by atoms with Crippen LogP contribution in [0.15, 0.2) is 11.6 Å². The monoisotopic (exact) mass is 294 g/mol. The average molecular weight is 295 g/mol. The molecule has 0 saturated carbocycles. The van der Waals surface area contributed by atoms with Crippen molar-refractivity contribution in [2.75, 3.05) is 17.4 Å². The van der Waals surface area contributed by atoms with E-state index in [-0.39, 0.29) is 16.1 Å². The number of aliphatic hydroxyl groups excluding tert-OH is 1. The predicted molar refractivity (Wildman–Crippen MR) is 82.2 cm³/mol. The largest absolute Gasteiger partial charge is 0.390 e. The van der Waals surface area contributed by atoms with Crippen molar-refractivity contribution in [3.05, 3.63) is 11.6 Å². The summed E-state index contributed by atoms with van der Waals surface area (Å²) in [6.45, 7) is 6.32. The summed E-state index contributed by atoms with van der Waals surface area (Å²) < 4.78 is -0.150. The molecule has 2 atom stereocenters. The summed E-state index contributed by atoms with van der Waals surface area (Å²) >= 11 is 9.58. The Hall–Kier alpha value is 0.690. The third kappa shape index (κ3) is 4.38. The summed E-state index contributed by atoms with van der Waals surface area (Å²) in [4.78, 5) is 0. The Morgan fingerprint density at radius 1 is 1.41 bits per heavy atom. The minimum absolute atomic E-state index is 0.150. The molecule has 1 aliphatic heterocycles. The van der Waals surface area contributed by atoms with Crippen LogP contribution in [0.1, 0.15) is 33.6 Å². The molecule has 1 aliphatic rings. The van der Waals surface area contributed by atoms with Crippen LogP contribution in [0.5, 0.6) is 0 Å². The van der Waals surface area contributed by atoms with Crippen LogP contribution in [0.2, 0.25) is 0 Å². The van der Waals surface area contributed by atoms with E-state index in [1.807, 2.05) is 23.5 Å². The second kappa shape index (κ2) is 7.32. The highest BCUT2D eigenvalue weighted by atomic mass is 35.5. The molecule has 1 rings (SSSR count). The summed E-state index contributed by atoms with van der Waals surface area (Å²) in [5.41, 5.74) is 1.28. The van der Waals surface area contributed by atoms with Gasteiger partial charge in [0, 0.05) is 5.88 Å². The van der Waals surface area contributed by atoms with Crippen molar-refractivity contribution in [1.82, 2.24) is 0 Å². The van der Waals surface area contributed by atoms with Gasteiger partial charge in [0.2, 0.25) is 0 Å². The highest BCUT2D eigenvalue weighted by Crippen LogP contribution is 2.48. The number of rotatable bonds is 5. The zero-order valence-electron chi connectivity index (χ0n) is 10.9. The van der Waals surface area contributed by atoms with Crippen LogP contribution < -0.4 is 0 Å².